The van der Waals surface area contributed by atoms with Crippen LogP contribution in [0.2, 0.25) is 0 Å². The van der Waals surface area contributed by atoms with Gasteiger partial charge in [0, 0.05) is 12.5 Å². The molecular weight excluding hydrogens is 194 g/mol. The zero-order valence-electron chi connectivity index (χ0n) is 9.79. The van der Waals surface area contributed by atoms with Crippen LogP contribution in [0.1, 0.15) is 20.8 Å². The molecule has 4 heteroatoms. The first-order valence-electron chi connectivity index (χ1n) is 4.77. The van der Waals surface area contributed by atoms with Crippen molar-refractivity contribution in [2.45, 2.75) is 20.8 Å². The number of rotatable bonds is 2. The highest BCUT2D eigenvalue weighted by molar-refractivity contribution is 6.02. The number of hydrogen-bond donors (Lipinski definition) is 1. The molecule has 0 atom stereocenters. The van der Waals surface area contributed by atoms with Crippen molar-refractivity contribution in [1.82, 2.24) is 5.06 Å². The van der Waals surface area contributed by atoms with E-state index in [1.807, 2.05) is 13.8 Å². The lowest BCUT2D eigenvalue weighted by Gasteiger charge is -2.30. The molecule has 0 unspecified atom stereocenters. The van der Waals surface area contributed by atoms with Gasteiger partial charge in [0.1, 0.15) is 11.5 Å². The Bertz CT molecular complexity index is 353. The van der Waals surface area contributed by atoms with Crippen LogP contribution < -0.4 is 0 Å². The molecule has 0 spiro atoms. The molecule has 0 saturated carbocycles. The fraction of sp³-hybridized carbons (Fsp3) is 0.545. The van der Waals surface area contributed by atoms with Crippen molar-refractivity contribution >= 4 is 5.78 Å². The predicted octanol–water partition coefficient (Wildman–Crippen LogP) is 1.80. The first kappa shape index (κ1) is 11.8. The van der Waals surface area contributed by atoms with E-state index in [0.717, 1.165) is 0 Å². The van der Waals surface area contributed by atoms with E-state index in [0.29, 0.717) is 5.57 Å². The average Bonchev–Trinajstić information content (AvgIpc) is 2.14. The van der Waals surface area contributed by atoms with Gasteiger partial charge in [0.15, 0.2) is 5.78 Å². The Kier molecular flexibility index (Phi) is 2.90. The molecule has 84 valence electrons. The Hall–Kier alpha value is -1.29. The van der Waals surface area contributed by atoms with E-state index < -0.39 is 5.41 Å². The van der Waals surface area contributed by atoms with Crippen molar-refractivity contribution < 1.29 is 14.7 Å². The fourth-order valence-electron chi connectivity index (χ4n) is 1.66. The van der Waals surface area contributed by atoms with Crippen molar-refractivity contribution in [1.29, 1.82) is 0 Å². The lowest BCUT2D eigenvalue weighted by atomic mass is 9.80. The first-order valence-corrected chi connectivity index (χ1v) is 4.77. The summed E-state index contributed by atoms with van der Waals surface area (Å²) in [5.41, 5.74) is 0.305. The number of carbonyl (C=O) groups excluding carboxylic acids is 1. The molecule has 0 bridgehead atoms. The smallest absolute Gasteiger partial charge is 0.194 e. The summed E-state index contributed by atoms with van der Waals surface area (Å²) in [5.74, 6) is -0.154. The van der Waals surface area contributed by atoms with Gasteiger partial charge >= 0.3 is 0 Å². The van der Waals surface area contributed by atoms with Gasteiger partial charge in [-0.05, 0) is 26.3 Å². The van der Waals surface area contributed by atoms with Gasteiger partial charge in [0.2, 0.25) is 0 Å². The van der Waals surface area contributed by atoms with Crippen molar-refractivity contribution in [3.8, 4) is 0 Å². The van der Waals surface area contributed by atoms with E-state index in [-0.39, 0.29) is 17.2 Å². The lowest BCUT2D eigenvalue weighted by Crippen LogP contribution is -2.35. The van der Waals surface area contributed by atoms with Gasteiger partial charge in [0.05, 0.1) is 7.11 Å². The van der Waals surface area contributed by atoms with Crippen LogP contribution in [0.25, 0.3) is 0 Å². The molecule has 0 amide bonds. The van der Waals surface area contributed by atoms with E-state index in [1.165, 1.54) is 12.2 Å². The second-order valence-corrected chi connectivity index (χ2v) is 4.26. The fourth-order valence-corrected chi connectivity index (χ4v) is 1.66. The normalized spacial score (nSPS) is 20.3. The number of nitrogens with zero attached hydrogens (tertiary/aromatic N) is 1. The molecule has 15 heavy (non-hydrogen) atoms. The number of hydroxylamine groups is 2. The van der Waals surface area contributed by atoms with Gasteiger partial charge in [-0.25, -0.2) is 0 Å². The molecule has 0 radical (unpaired) electrons. The molecule has 1 aliphatic rings. The van der Waals surface area contributed by atoms with Crippen molar-refractivity contribution in [3.63, 3.8) is 0 Å². The SMILES string of the molecule is CON(C)C1=C(O)C(C)=CC(C)(C)C1=O. The summed E-state index contributed by atoms with van der Waals surface area (Å²) in [5, 5.41) is 11.1. The second-order valence-electron chi connectivity index (χ2n) is 4.26. The average molecular weight is 211 g/mol. The molecular formula is C11H17NO3. The topological polar surface area (TPSA) is 49.8 Å². The maximum atomic E-state index is 12.0. The molecule has 1 N–H and O–H groups in total. The van der Waals surface area contributed by atoms with Crippen LogP contribution in [0.5, 0.6) is 0 Å². The first-order chi connectivity index (χ1) is 6.81. The maximum Gasteiger partial charge on any atom is 0.194 e. The summed E-state index contributed by atoms with van der Waals surface area (Å²) in [4.78, 5) is 17.0. The number of carbonyl (C=O) groups is 1. The summed E-state index contributed by atoms with van der Waals surface area (Å²) in [6, 6.07) is 0. The van der Waals surface area contributed by atoms with Crippen LogP contribution in [0.4, 0.5) is 0 Å². The Morgan fingerprint density at radius 2 is 2.00 bits per heavy atom. The van der Waals surface area contributed by atoms with Crippen LogP contribution in [-0.2, 0) is 9.63 Å². The molecule has 0 aliphatic heterocycles. The molecule has 0 aromatic rings. The second kappa shape index (κ2) is 3.70. The van der Waals surface area contributed by atoms with E-state index in [2.05, 4.69) is 0 Å². The summed E-state index contributed by atoms with van der Waals surface area (Å²) in [7, 11) is 3.05. The molecule has 0 fully saturated rings. The largest absolute Gasteiger partial charge is 0.505 e. The molecule has 4 nitrogen and oxygen atoms in total. The Morgan fingerprint density at radius 3 is 2.47 bits per heavy atom. The summed E-state index contributed by atoms with van der Waals surface area (Å²) < 4.78 is 0. The number of aliphatic hydroxyl groups is 1. The number of hydrogen-bond acceptors (Lipinski definition) is 4. The van der Waals surface area contributed by atoms with Crippen molar-refractivity contribution in [3.05, 3.63) is 23.1 Å². The van der Waals surface area contributed by atoms with E-state index >= 15 is 0 Å². The molecule has 0 aromatic heterocycles. The summed E-state index contributed by atoms with van der Waals surface area (Å²) in [6.45, 7) is 5.40. The third kappa shape index (κ3) is 1.90. The number of likely N-dealkylation sites (N-methyl/N-ethyl adjacent to an activating group) is 1. The van der Waals surface area contributed by atoms with Crippen LogP contribution in [0.3, 0.4) is 0 Å². The maximum absolute atomic E-state index is 12.0. The third-order valence-corrected chi connectivity index (χ3v) is 2.56. The Balaban J connectivity index is 3.27. The minimum Gasteiger partial charge on any atom is -0.505 e. The Morgan fingerprint density at radius 1 is 1.47 bits per heavy atom. The standard InChI is InChI=1S/C11H17NO3/c1-7-6-11(2,3)10(14)8(9(7)13)12(4)15-5/h6,13H,1-5H3. The number of allylic oxidation sites excluding steroid dienone is 3. The van der Waals surface area contributed by atoms with Crippen molar-refractivity contribution in [2.75, 3.05) is 14.2 Å². The number of ketones is 1. The number of Topliss-reactive ketones (excluding diaryl/α,β-unsaturated/α-hetero) is 1. The summed E-state index contributed by atoms with van der Waals surface area (Å²) >= 11 is 0. The monoisotopic (exact) mass is 211 g/mol. The van der Waals surface area contributed by atoms with Crippen molar-refractivity contribution in [2.24, 2.45) is 5.41 Å². The molecule has 1 rings (SSSR count). The van der Waals surface area contributed by atoms with Crippen LogP contribution >= 0.6 is 0 Å². The summed E-state index contributed by atoms with van der Waals surface area (Å²) in [6.07, 6.45) is 1.76. The van der Waals surface area contributed by atoms with E-state index in [9.17, 15) is 9.90 Å². The van der Waals surface area contributed by atoms with E-state index in [1.54, 1.807) is 20.0 Å². The third-order valence-electron chi connectivity index (χ3n) is 2.56. The predicted molar refractivity (Wildman–Crippen MR) is 57.0 cm³/mol. The van der Waals surface area contributed by atoms with Crippen LogP contribution in [-0.4, -0.2) is 30.1 Å². The van der Waals surface area contributed by atoms with Gasteiger partial charge in [-0.15, -0.1) is 0 Å². The van der Waals surface area contributed by atoms with Crippen LogP contribution in [0.15, 0.2) is 23.1 Å². The van der Waals surface area contributed by atoms with Gasteiger partial charge in [-0.3, -0.25) is 14.7 Å². The molecule has 0 saturated heterocycles. The highest BCUT2D eigenvalue weighted by atomic mass is 16.7. The quantitative estimate of drug-likeness (QED) is 0.708. The molecule has 0 heterocycles. The van der Waals surface area contributed by atoms with Crippen LogP contribution in [0, 0.1) is 5.41 Å². The highest BCUT2D eigenvalue weighted by Gasteiger charge is 2.37. The number of aliphatic hydroxyl groups excluding tert-OH is 1. The van der Waals surface area contributed by atoms with Gasteiger partial charge in [-0.1, -0.05) is 6.08 Å². The molecule has 0 aromatic carbocycles. The van der Waals surface area contributed by atoms with Gasteiger partial charge < -0.3 is 5.11 Å². The zero-order chi connectivity index (χ0) is 11.8. The minimum absolute atomic E-state index is 0.0105. The minimum atomic E-state index is -0.599. The van der Waals surface area contributed by atoms with E-state index in [4.69, 9.17) is 4.84 Å². The molecule has 1 aliphatic carbocycles. The van der Waals surface area contributed by atoms with Gasteiger partial charge in [-0.2, -0.15) is 0 Å². The highest BCUT2D eigenvalue weighted by Crippen LogP contribution is 2.33. The zero-order valence-corrected chi connectivity index (χ0v) is 9.79. The Labute approximate surface area is 89.8 Å². The van der Waals surface area contributed by atoms with Gasteiger partial charge in [0.25, 0.3) is 0 Å². The lowest BCUT2D eigenvalue weighted by molar-refractivity contribution is -0.134.